The topological polar surface area (TPSA) is 57.6 Å². The summed E-state index contributed by atoms with van der Waals surface area (Å²) in [5, 5.41) is 12.3. The highest BCUT2D eigenvalue weighted by Crippen LogP contribution is 2.22. The lowest BCUT2D eigenvalue weighted by Gasteiger charge is -2.34. The normalized spacial score (nSPS) is 15.4. The van der Waals surface area contributed by atoms with Gasteiger partial charge in [-0.1, -0.05) is 18.2 Å². The maximum atomic E-state index is 8.73. The third-order valence-corrected chi connectivity index (χ3v) is 4.06. The van der Waals surface area contributed by atoms with E-state index in [9.17, 15) is 0 Å². The number of aliphatic hydroxyl groups is 1. The maximum Gasteiger partial charge on any atom is 0.213 e. The smallest absolute Gasteiger partial charge is 0.213 e. The summed E-state index contributed by atoms with van der Waals surface area (Å²) in [6.07, 6.45) is 4.01. The number of aromatic nitrogens is 1. The lowest BCUT2D eigenvalue weighted by molar-refractivity contribution is 0.196. The summed E-state index contributed by atoms with van der Waals surface area (Å²) < 4.78 is 5.27. The van der Waals surface area contributed by atoms with Gasteiger partial charge in [0, 0.05) is 30.9 Å². The number of ether oxygens (including phenoxy) is 1. The van der Waals surface area contributed by atoms with Crippen LogP contribution in [-0.4, -0.2) is 42.4 Å². The van der Waals surface area contributed by atoms with Crippen molar-refractivity contribution in [2.45, 2.75) is 18.9 Å². The van der Waals surface area contributed by atoms with Crippen molar-refractivity contribution in [3.05, 3.63) is 48.7 Å². The average molecular weight is 313 g/mol. The summed E-state index contributed by atoms with van der Waals surface area (Å²) in [6.45, 7) is 2.40. The number of anilines is 2. The van der Waals surface area contributed by atoms with Crippen molar-refractivity contribution in [3.63, 3.8) is 0 Å². The third kappa shape index (κ3) is 4.36. The van der Waals surface area contributed by atoms with Crippen LogP contribution >= 0.6 is 0 Å². The van der Waals surface area contributed by atoms with Crippen LogP contribution in [0.15, 0.2) is 48.7 Å². The lowest BCUT2D eigenvalue weighted by atomic mass is 10.0. The fourth-order valence-corrected chi connectivity index (χ4v) is 2.86. The van der Waals surface area contributed by atoms with E-state index in [0.29, 0.717) is 11.9 Å². The highest BCUT2D eigenvalue weighted by atomic mass is 16.5. The number of rotatable bonds is 6. The Kier molecular flexibility index (Phi) is 5.32. The first-order chi connectivity index (χ1) is 11.3. The van der Waals surface area contributed by atoms with E-state index >= 15 is 0 Å². The molecule has 1 aliphatic rings. The number of benzene rings is 1. The van der Waals surface area contributed by atoms with Gasteiger partial charge >= 0.3 is 0 Å². The maximum absolute atomic E-state index is 8.73. The Morgan fingerprint density at radius 1 is 1.13 bits per heavy atom. The SMILES string of the molecule is OCCOc1ccc(NC2CCN(c3ccccc3)CC2)cn1. The van der Waals surface area contributed by atoms with Crippen molar-refractivity contribution < 1.29 is 9.84 Å². The zero-order valence-corrected chi connectivity index (χ0v) is 13.2. The van der Waals surface area contributed by atoms with Crippen LogP contribution in [-0.2, 0) is 0 Å². The highest BCUT2D eigenvalue weighted by molar-refractivity contribution is 5.47. The number of pyridine rings is 1. The number of nitrogens with zero attached hydrogens (tertiary/aromatic N) is 2. The first-order valence-corrected chi connectivity index (χ1v) is 8.11. The molecular weight excluding hydrogens is 290 g/mol. The summed E-state index contributed by atoms with van der Waals surface area (Å²) in [7, 11) is 0. The molecule has 2 aromatic rings. The van der Waals surface area contributed by atoms with Crippen LogP contribution in [0, 0.1) is 0 Å². The minimum atomic E-state index is 0.00166. The fraction of sp³-hybridized carbons (Fsp3) is 0.389. The van der Waals surface area contributed by atoms with Gasteiger partial charge in [0.1, 0.15) is 6.61 Å². The molecular formula is C18H23N3O2. The first-order valence-electron chi connectivity index (χ1n) is 8.11. The molecule has 2 heterocycles. The van der Waals surface area contributed by atoms with Crippen molar-refractivity contribution in [2.24, 2.45) is 0 Å². The number of piperidine rings is 1. The second kappa shape index (κ2) is 7.83. The Hall–Kier alpha value is -2.27. The van der Waals surface area contributed by atoms with Gasteiger partial charge in [-0.15, -0.1) is 0 Å². The van der Waals surface area contributed by atoms with Gasteiger partial charge in [-0.2, -0.15) is 0 Å². The van der Waals surface area contributed by atoms with Crippen LogP contribution in [0.2, 0.25) is 0 Å². The zero-order valence-electron chi connectivity index (χ0n) is 13.2. The first kappa shape index (κ1) is 15.6. The molecule has 1 aromatic carbocycles. The standard InChI is InChI=1S/C18H23N3O2/c22-12-13-23-18-7-6-16(14-19-18)20-15-8-10-21(11-9-15)17-4-2-1-3-5-17/h1-7,14-15,20,22H,8-13H2. The summed E-state index contributed by atoms with van der Waals surface area (Å²) >= 11 is 0. The second-order valence-electron chi connectivity index (χ2n) is 5.70. The van der Waals surface area contributed by atoms with Gasteiger partial charge < -0.3 is 20.1 Å². The van der Waals surface area contributed by atoms with Crippen LogP contribution in [0.25, 0.3) is 0 Å². The summed E-state index contributed by atoms with van der Waals surface area (Å²) in [5.41, 5.74) is 2.32. The fourth-order valence-electron chi connectivity index (χ4n) is 2.86. The van der Waals surface area contributed by atoms with Crippen LogP contribution < -0.4 is 15.0 Å². The minimum Gasteiger partial charge on any atom is -0.475 e. The molecule has 0 aliphatic carbocycles. The van der Waals surface area contributed by atoms with Crippen LogP contribution in [0.5, 0.6) is 5.88 Å². The zero-order chi connectivity index (χ0) is 15.9. The van der Waals surface area contributed by atoms with E-state index in [-0.39, 0.29) is 13.2 Å². The van der Waals surface area contributed by atoms with Crippen LogP contribution in [0.3, 0.4) is 0 Å². The average Bonchev–Trinajstić information content (AvgIpc) is 2.62. The highest BCUT2D eigenvalue weighted by Gasteiger charge is 2.19. The Balaban J connectivity index is 1.49. The van der Waals surface area contributed by atoms with Crippen molar-refractivity contribution in [1.29, 1.82) is 0 Å². The number of hydrogen-bond acceptors (Lipinski definition) is 5. The summed E-state index contributed by atoms with van der Waals surface area (Å²) in [6, 6.07) is 14.9. The second-order valence-corrected chi connectivity index (χ2v) is 5.70. The minimum absolute atomic E-state index is 0.00166. The van der Waals surface area contributed by atoms with E-state index < -0.39 is 0 Å². The molecule has 0 unspecified atom stereocenters. The lowest BCUT2D eigenvalue weighted by Crippen LogP contribution is -2.39. The van der Waals surface area contributed by atoms with Gasteiger partial charge in [0.15, 0.2) is 0 Å². The van der Waals surface area contributed by atoms with E-state index in [4.69, 9.17) is 9.84 Å². The van der Waals surface area contributed by atoms with Gasteiger partial charge in [0.05, 0.1) is 18.5 Å². The molecule has 0 amide bonds. The predicted molar refractivity (Wildman–Crippen MR) is 92.1 cm³/mol. The van der Waals surface area contributed by atoms with Crippen molar-refractivity contribution >= 4 is 11.4 Å². The number of hydrogen-bond donors (Lipinski definition) is 2. The molecule has 1 aliphatic heterocycles. The monoisotopic (exact) mass is 313 g/mol. The predicted octanol–water partition coefficient (Wildman–Crippen LogP) is 2.53. The van der Waals surface area contributed by atoms with E-state index in [1.807, 2.05) is 12.1 Å². The quantitative estimate of drug-likeness (QED) is 0.858. The number of nitrogens with one attached hydrogen (secondary N) is 1. The molecule has 3 rings (SSSR count). The Morgan fingerprint density at radius 3 is 2.57 bits per heavy atom. The van der Waals surface area contributed by atoms with E-state index in [1.165, 1.54) is 5.69 Å². The van der Waals surface area contributed by atoms with E-state index in [2.05, 4.69) is 45.5 Å². The van der Waals surface area contributed by atoms with Crippen LogP contribution in [0.1, 0.15) is 12.8 Å². The van der Waals surface area contributed by atoms with Gasteiger partial charge in [-0.25, -0.2) is 4.98 Å². The molecule has 0 atom stereocenters. The van der Waals surface area contributed by atoms with Crippen molar-refractivity contribution in [1.82, 2.24) is 4.98 Å². The molecule has 23 heavy (non-hydrogen) atoms. The van der Waals surface area contributed by atoms with Gasteiger partial charge in [0.2, 0.25) is 5.88 Å². The Morgan fingerprint density at radius 2 is 1.91 bits per heavy atom. The molecule has 122 valence electrons. The van der Waals surface area contributed by atoms with E-state index in [1.54, 1.807) is 6.20 Å². The van der Waals surface area contributed by atoms with Gasteiger partial charge in [-0.3, -0.25) is 0 Å². The van der Waals surface area contributed by atoms with Crippen molar-refractivity contribution in [2.75, 3.05) is 36.5 Å². The molecule has 1 aromatic heterocycles. The molecule has 0 bridgehead atoms. The van der Waals surface area contributed by atoms with Gasteiger partial charge in [-0.05, 0) is 31.0 Å². The van der Waals surface area contributed by atoms with E-state index in [0.717, 1.165) is 31.6 Å². The molecule has 5 heteroatoms. The number of aliphatic hydroxyl groups excluding tert-OH is 1. The van der Waals surface area contributed by atoms with Gasteiger partial charge in [0.25, 0.3) is 0 Å². The molecule has 5 nitrogen and oxygen atoms in total. The summed E-state index contributed by atoms with van der Waals surface area (Å²) in [5.74, 6) is 0.545. The van der Waals surface area contributed by atoms with Crippen LogP contribution in [0.4, 0.5) is 11.4 Å². The molecule has 0 saturated carbocycles. The van der Waals surface area contributed by atoms with Crippen molar-refractivity contribution in [3.8, 4) is 5.88 Å². The molecule has 0 spiro atoms. The Labute approximate surface area is 136 Å². The molecule has 2 N–H and O–H groups in total. The molecule has 1 saturated heterocycles. The Bertz CT molecular complexity index is 581. The third-order valence-electron chi connectivity index (χ3n) is 4.06. The molecule has 1 fully saturated rings. The molecule has 0 radical (unpaired) electrons. The number of para-hydroxylation sites is 1. The summed E-state index contributed by atoms with van der Waals surface area (Å²) in [4.78, 5) is 6.67. The largest absolute Gasteiger partial charge is 0.475 e.